The average molecular weight is 370 g/mol. The van der Waals surface area contributed by atoms with Crippen LogP contribution in [0.25, 0.3) is 0 Å². The van der Waals surface area contributed by atoms with E-state index in [1.165, 1.54) is 4.31 Å². The van der Waals surface area contributed by atoms with Gasteiger partial charge in [0, 0.05) is 13.2 Å². The number of carbonyl (C=O) groups excluding carboxylic acids is 1. The fourth-order valence-corrected chi connectivity index (χ4v) is 3.59. The van der Waals surface area contributed by atoms with Crippen LogP contribution in [0.4, 0.5) is 5.69 Å². The third-order valence-corrected chi connectivity index (χ3v) is 4.91. The van der Waals surface area contributed by atoms with Crippen LogP contribution >= 0.6 is 0 Å². The van der Waals surface area contributed by atoms with Crippen molar-refractivity contribution in [3.05, 3.63) is 24.3 Å². The highest BCUT2D eigenvalue weighted by molar-refractivity contribution is 7.92. The van der Waals surface area contributed by atoms with Crippen molar-refractivity contribution < 1.29 is 22.7 Å². The van der Waals surface area contributed by atoms with Crippen molar-refractivity contribution in [1.29, 1.82) is 0 Å². The highest BCUT2D eigenvalue weighted by Gasteiger charge is 2.25. The van der Waals surface area contributed by atoms with Crippen LogP contribution in [0.2, 0.25) is 0 Å². The number of para-hydroxylation sites is 2. The third-order valence-electron chi connectivity index (χ3n) is 3.73. The van der Waals surface area contributed by atoms with Crippen molar-refractivity contribution in [2.24, 2.45) is 0 Å². The third kappa shape index (κ3) is 5.61. The maximum Gasteiger partial charge on any atom is 0.249 e. The Balaban J connectivity index is 2.08. The first-order chi connectivity index (χ1) is 11.8. The summed E-state index contributed by atoms with van der Waals surface area (Å²) >= 11 is 0. The summed E-state index contributed by atoms with van der Waals surface area (Å²) in [5, 5.41) is 2.75. The Bertz CT molecular complexity index is 684. The van der Waals surface area contributed by atoms with Gasteiger partial charge >= 0.3 is 0 Å². The minimum absolute atomic E-state index is 0.0817. The number of rotatable bonds is 8. The van der Waals surface area contributed by atoms with Crippen LogP contribution in [0, 0.1) is 0 Å². The molecule has 25 heavy (non-hydrogen) atoms. The average Bonchev–Trinajstić information content (AvgIpc) is 3.05. The molecule has 1 fully saturated rings. The predicted octanol–water partition coefficient (Wildman–Crippen LogP) is 1.53. The van der Waals surface area contributed by atoms with Gasteiger partial charge in [0.2, 0.25) is 15.9 Å². The SMILES string of the molecule is CC(C)Oc1ccccc1N(CCNC(=O)C1CCCO1)S(C)(=O)=O. The van der Waals surface area contributed by atoms with Gasteiger partial charge in [0.25, 0.3) is 0 Å². The van der Waals surface area contributed by atoms with Crippen LogP contribution < -0.4 is 14.4 Å². The minimum atomic E-state index is -3.52. The number of anilines is 1. The predicted molar refractivity (Wildman–Crippen MR) is 96.4 cm³/mol. The zero-order chi connectivity index (χ0) is 18.4. The molecule has 1 aliphatic heterocycles. The number of benzene rings is 1. The molecule has 0 saturated carbocycles. The Morgan fingerprint density at radius 1 is 1.40 bits per heavy atom. The highest BCUT2D eigenvalue weighted by Crippen LogP contribution is 2.30. The first-order valence-corrected chi connectivity index (χ1v) is 10.3. The number of nitrogens with one attached hydrogen (secondary N) is 1. The Labute approximate surface area is 149 Å². The molecule has 0 radical (unpaired) electrons. The van der Waals surface area contributed by atoms with E-state index in [0.717, 1.165) is 12.7 Å². The van der Waals surface area contributed by atoms with Gasteiger partial charge in [-0.1, -0.05) is 12.1 Å². The van der Waals surface area contributed by atoms with E-state index in [0.29, 0.717) is 24.5 Å². The van der Waals surface area contributed by atoms with Gasteiger partial charge < -0.3 is 14.8 Å². The molecule has 140 valence electrons. The lowest BCUT2D eigenvalue weighted by molar-refractivity contribution is -0.129. The van der Waals surface area contributed by atoms with Crippen LogP contribution in [0.3, 0.4) is 0 Å². The molecule has 7 nitrogen and oxygen atoms in total. The molecule has 2 rings (SSSR count). The van der Waals surface area contributed by atoms with Gasteiger partial charge in [0.1, 0.15) is 11.9 Å². The van der Waals surface area contributed by atoms with Crippen molar-refractivity contribution >= 4 is 21.6 Å². The Hall–Kier alpha value is -1.80. The van der Waals surface area contributed by atoms with Crippen molar-refractivity contribution in [2.45, 2.75) is 38.9 Å². The number of hydrogen-bond acceptors (Lipinski definition) is 5. The molecule has 0 aromatic heterocycles. The van der Waals surface area contributed by atoms with E-state index in [4.69, 9.17) is 9.47 Å². The number of amides is 1. The molecule has 0 spiro atoms. The lowest BCUT2D eigenvalue weighted by atomic mass is 10.2. The zero-order valence-electron chi connectivity index (χ0n) is 14.9. The molecule has 0 bridgehead atoms. The van der Waals surface area contributed by atoms with Gasteiger partial charge in [-0.3, -0.25) is 9.10 Å². The van der Waals surface area contributed by atoms with E-state index < -0.39 is 16.1 Å². The van der Waals surface area contributed by atoms with E-state index >= 15 is 0 Å². The lowest BCUT2D eigenvalue weighted by Crippen LogP contribution is -2.41. The van der Waals surface area contributed by atoms with Gasteiger partial charge in [0.15, 0.2) is 0 Å². The van der Waals surface area contributed by atoms with Gasteiger partial charge in [-0.2, -0.15) is 0 Å². The number of nitrogens with zero attached hydrogens (tertiary/aromatic N) is 1. The second-order valence-corrected chi connectivity index (χ2v) is 8.17. The van der Waals surface area contributed by atoms with Gasteiger partial charge in [-0.25, -0.2) is 8.42 Å². The molecule has 1 aliphatic rings. The monoisotopic (exact) mass is 370 g/mol. The fraction of sp³-hybridized carbons (Fsp3) is 0.588. The molecular formula is C17H26N2O5S. The molecule has 1 amide bonds. The standard InChI is InChI=1S/C17H26N2O5S/c1-13(2)24-15-8-5-4-7-14(15)19(25(3,21)22)11-10-18-17(20)16-9-6-12-23-16/h4-5,7-8,13,16H,6,9-12H2,1-3H3,(H,18,20). The molecule has 1 aromatic carbocycles. The van der Waals surface area contributed by atoms with Crippen LogP contribution in [-0.2, 0) is 19.6 Å². The van der Waals surface area contributed by atoms with Crippen LogP contribution in [0.5, 0.6) is 5.75 Å². The minimum Gasteiger partial charge on any atom is -0.489 e. The van der Waals surface area contributed by atoms with Crippen LogP contribution in [0.1, 0.15) is 26.7 Å². The van der Waals surface area contributed by atoms with E-state index in [1.54, 1.807) is 24.3 Å². The quantitative estimate of drug-likeness (QED) is 0.750. The maximum atomic E-state index is 12.2. The molecular weight excluding hydrogens is 344 g/mol. The summed E-state index contributed by atoms with van der Waals surface area (Å²) in [5.41, 5.74) is 0.463. The molecule has 1 unspecified atom stereocenters. The van der Waals surface area contributed by atoms with Crippen molar-refractivity contribution in [2.75, 3.05) is 30.3 Å². The summed E-state index contributed by atoms with van der Waals surface area (Å²) in [6, 6.07) is 6.98. The highest BCUT2D eigenvalue weighted by atomic mass is 32.2. The maximum absolute atomic E-state index is 12.2. The normalized spacial score (nSPS) is 17.5. The number of hydrogen-bond donors (Lipinski definition) is 1. The Morgan fingerprint density at radius 3 is 2.72 bits per heavy atom. The van der Waals surface area contributed by atoms with Crippen LogP contribution in [-0.4, -0.2) is 52.5 Å². The van der Waals surface area contributed by atoms with Gasteiger partial charge in [0.05, 0.1) is 24.6 Å². The second-order valence-electron chi connectivity index (χ2n) is 6.26. The molecule has 1 atom stereocenters. The van der Waals surface area contributed by atoms with E-state index in [2.05, 4.69) is 5.32 Å². The molecule has 1 saturated heterocycles. The molecule has 1 heterocycles. The summed E-state index contributed by atoms with van der Waals surface area (Å²) in [7, 11) is -3.52. The summed E-state index contributed by atoms with van der Waals surface area (Å²) in [5.74, 6) is 0.297. The second kappa shape index (κ2) is 8.53. The first kappa shape index (κ1) is 19.5. The van der Waals surface area contributed by atoms with Crippen molar-refractivity contribution in [3.63, 3.8) is 0 Å². The number of sulfonamides is 1. The first-order valence-electron chi connectivity index (χ1n) is 8.41. The number of carbonyl (C=O) groups is 1. The molecule has 0 aliphatic carbocycles. The van der Waals surface area contributed by atoms with E-state index in [-0.39, 0.29) is 25.1 Å². The summed E-state index contributed by atoms with van der Waals surface area (Å²) in [4.78, 5) is 12.0. The summed E-state index contributed by atoms with van der Waals surface area (Å²) in [6.45, 7) is 4.66. The van der Waals surface area contributed by atoms with E-state index in [9.17, 15) is 13.2 Å². The largest absolute Gasteiger partial charge is 0.489 e. The molecule has 8 heteroatoms. The zero-order valence-corrected chi connectivity index (χ0v) is 15.7. The van der Waals surface area contributed by atoms with Gasteiger partial charge in [-0.05, 0) is 38.8 Å². The van der Waals surface area contributed by atoms with Crippen LogP contribution in [0.15, 0.2) is 24.3 Å². The van der Waals surface area contributed by atoms with Crippen molar-refractivity contribution in [1.82, 2.24) is 5.32 Å². The lowest BCUT2D eigenvalue weighted by Gasteiger charge is -2.25. The molecule has 1 N–H and O–H groups in total. The van der Waals surface area contributed by atoms with E-state index in [1.807, 2.05) is 13.8 Å². The Morgan fingerprint density at radius 2 is 2.12 bits per heavy atom. The summed E-state index contributed by atoms with van der Waals surface area (Å²) in [6.07, 6.45) is 2.20. The smallest absolute Gasteiger partial charge is 0.249 e. The topological polar surface area (TPSA) is 84.9 Å². The summed E-state index contributed by atoms with van der Waals surface area (Å²) < 4.78 is 36.8. The fourth-order valence-electron chi connectivity index (χ4n) is 2.66. The van der Waals surface area contributed by atoms with Crippen molar-refractivity contribution in [3.8, 4) is 5.75 Å². The molecule has 1 aromatic rings. The Kier molecular flexibility index (Phi) is 6.66. The van der Waals surface area contributed by atoms with Gasteiger partial charge in [-0.15, -0.1) is 0 Å². The number of ether oxygens (including phenoxy) is 2.